The lowest BCUT2D eigenvalue weighted by atomic mass is 10.2. The summed E-state index contributed by atoms with van der Waals surface area (Å²) >= 11 is 0. The summed E-state index contributed by atoms with van der Waals surface area (Å²) < 4.78 is 12.3. The summed E-state index contributed by atoms with van der Waals surface area (Å²) in [7, 11) is -2.05. The van der Waals surface area contributed by atoms with E-state index in [1.807, 2.05) is 0 Å². The third-order valence-corrected chi connectivity index (χ3v) is 8.06. The summed E-state index contributed by atoms with van der Waals surface area (Å²) in [5.41, 5.74) is 0. The topological polar surface area (TPSA) is 18.5 Å². The Morgan fingerprint density at radius 2 is 1.35 bits per heavy atom. The molecular formula is C14H32O2Si. The van der Waals surface area contributed by atoms with Crippen LogP contribution in [0.1, 0.15) is 67.2 Å². The van der Waals surface area contributed by atoms with Crippen molar-refractivity contribution in [3.63, 3.8) is 0 Å². The van der Waals surface area contributed by atoms with Crippen LogP contribution < -0.4 is 0 Å². The minimum atomic E-state index is -2.05. The highest BCUT2D eigenvalue weighted by molar-refractivity contribution is 6.70. The zero-order valence-corrected chi connectivity index (χ0v) is 13.8. The molecule has 0 saturated carbocycles. The fourth-order valence-electron chi connectivity index (χ4n) is 2.24. The van der Waals surface area contributed by atoms with Crippen LogP contribution in [-0.2, 0) is 8.85 Å². The Kier molecular flexibility index (Phi) is 8.34. The van der Waals surface area contributed by atoms with Crippen molar-refractivity contribution in [2.24, 2.45) is 0 Å². The zero-order valence-electron chi connectivity index (χ0n) is 12.8. The van der Waals surface area contributed by atoms with Crippen molar-refractivity contribution in [1.29, 1.82) is 0 Å². The van der Waals surface area contributed by atoms with E-state index in [1.165, 1.54) is 25.7 Å². The van der Waals surface area contributed by atoms with E-state index in [9.17, 15) is 0 Å². The molecule has 17 heavy (non-hydrogen) atoms. The second-order valence-electron chi connectivity index (χ2n) is 5.68. The van der Waals surface area contributed by atoms with E-state index < -0.39 is 8.56 Å². The third kappa shape index (κ3) is 5.54. The van der Waals surface area contributed by atoms with Gasteiger partial charge in [0, 0.05) is 18.3 Å². The van der Waals surface area contributed by atoms with Gasteiger partial charge >= 0.3 is 8.56 Å². The average molecular weight is 260 g/mol. The van der Waals surface area contributed by atoms with Crippen molar-refractivity contribution in [3.8, 4) is 0 Å². The van der Waals surface area contributed by atoms with Crippen LogP contribution in [0.5, 0.6) is 0 Å². The first kappa shape index (κ1) is 17.1. The van der Waals surface area contributed by atoms with Gasteiger partial charge in [-0.1, -0.05) is 53.4 Å². The van der Waals surface area contributed by atoms with Crippen LogP contribution in [0.4, 0.5) is 0 Å². The minimum absolute atomic E-state index is 0.158. The van der Waals surface area contributed by atoms with E-state index >= 15 is 0 Å². The van der Waals surface area contributed by atoms with Gasteiger partial charge in [-0.3, -0.25) is 0 Å². The molecule has 0 amide bonds. The number of hydrogen-bond acceptors (Lipinski definition) is 2. The minimum Gasteiger partial charge on any atom is -0.394 e. The fourth-order valence-corrected chi connectivity index (χ4v) is 5.88. The Labute approximate surface area is 109 Å². The molecule has 0 aliphatic rings. The predicted molar refractivity (Wildman–Crippen MR) is 77.7 cm³/mol. The second-order valence-corrected chi connectivity index (χ2v) is 9.76. The summed E-state index contributed by atoms with van der Waals surface area (Å²) in [6.45, 7) is 14.8. The van der Waals surface area contributed by atoms with Crippen molar-refractivity contribution in [3.05, 3.63) is 0 Å². The van der Waals surface area contributed by atoms with Crippen molar-refractivity contribution < 1.29 is 8.85 Å². The monoisotopic (exact) mass is 260 g/mol. The van der Waals surface area contributed by atoms with Gasteiger partial charge in [0.25, 0.3) is 0 Å². The van der Waals surface area contributed by atoms with Gasteiger partial charge in [-0.25, -0.2) is 0 Å². The Morgan fingerprint density at radius 3 is 1.71 bits per heavy atom. The molecule has 0 aromatic heterocycles. The molecule has 0 atom stereocenters. The summed E-state index contributed by atoms with van der Waals surface area (Å²) in [5, 5.41) is 0.158. The number of hydrogen-bond donors (Lipinski definition) is 0. The van der Waals surface area contributed by atoms with Gasteiger partial charge in [0.15, 0.2) is 0 Å². The lowest BCUT2D eigenvalue weighted by molar-refractivity contribution is 0.159. The molecule has 0 aliphatic heterocycles. The van der Waals surface area contributed by atoms with E-state index in [2.05, 4.69) is 41.5 Å². The molecule has 0 unspecified atom stereocenters. The maximum Gasteiger partial charge on any atom is 0.343 e. The molecule has 0 rings (SSSR count). The van der Waals surface area contributed by atoms with E-state index in [4.69, 9.17) is 8.85 Å². The first-order valence-electron chi connectivity index (χ1n) is 7.21. The standard InChI is InChI=1S/C14H32O2Si/c1-7-10-11-12-13-17(15-8-2,16-9-3)14(4,5)6/h7-13H2,1-6H3. The average Bonchev–Trinajstić information content (AvgIpc) is 2.23. The Bertz CT molecular complexity index is 181. The molecular weight excluding hydrogens is 228 g/mol. The van der Waals surface area contributed by atoms with E-state index in [0.29, 0.717) is 0 Å². The van der Waals surface area contributed by atoms with Crippen molar-refractivity contribution >= 4 is 8.56 Å². The quantitative estimate of drug-likeness (QED) is 0.434. The molecule has 0 aromatic carbocycles. The normalized spacial score (nSPS) is 13.1. The molecule has 0 fully saturated rings. The first-order chi connectivity index (χ1) is 7.93. The molecule has 104 valence electrons. The van der Waals surface area contributed by atoms with Crippen LogP contribution in [0.2, 0.25) is 11.1 Å². The smallest absolute Gasteiger partial charge is 0.343 e. The summed E-state index contributed by atoms with van der Waals surface area (Å²) in [6.07, 6.45) is 5.17. The van der Waals surface area contributed by atoms with Gasteiger partial charge in [-0.15, -0.1) is 0 Å². The van der Waals surface area contributed by atoms with Crippen molar-refractivity contribution in [1.82, 2.24) is 0 Å². The molecule has 3 heteroatoms. The summed E-state index contributed by atoms with van der Waals surface area (Å²) in [5.74, 6) is 0. The maximum absolute atomic E-state index is 6.13. The highest BCUT2D eigenvalue weighted by Gasteiger charge is 2.48. The zero-order chi connectivity index (χ0) is 13.4. The molecule has 0 N–H and O–H groups in total. The van der Waals surface area contributed by atoms with Gasteiger partial charge in [0.1, 0.15) is 0 Å². The summed E-state index contributed by atoms with van der Waals surface area (Å²) in [4.78, 5) is 0. The van der Waals surface area contributed by atoms with Gasteiger partial charge in [0.05, 0.1) is 0 Å². The summed E-state index contributed by atoms with van der Waals surface area (Å²) in [6, 6.07) is 1.14. The van der Waals surface area contributed by atoms with Crippen LogP contribution in [0, 0.1) is 0 Å². The molecule has 0 spiro atoms. The van der Waals surface area contributed by atoms with Crippen molar-refractivity contribution in [2.45, 2.75) is 78.3 Å². The molecule has 0 bridgehead atoms. The fraction of sp³-hybridized carbons (Fsp3) is 1.00. The highest BCUT2D eigenvalue weighted by atomic mass is 28.4. The largest absolute Gasteiger partial charge is 0.394 e. The van der Waals surface area contributed by atoms with Gasteiger partial charge in [-0.05, 0) is 19.9 Å². The van der Waals surface area contributed by atoms with Crippen LogP contribution in [-0.4, -0.2) is 21.8 Å². The SMILES string of the molecule is CCCCCC[Si](OCC)(OCC)C(C)(C)C. The molecule has 0 saturated heterocycles. The van der Waals surface area contributed by atoms with E-state index in [1.54, 1.807) is 0 Å². The molecule has 0 heterocycles. The molecule has 0 aromatic rings. The van der Waals surface area contributed by atoms with Gasteiger partial charge in [-0.2, -0.15) is 0 Å². The van der Waals surface area contributed by atoms with Crippen LogP contribution in [0.3, 0.4) is 0 Å². The molecule has 0 radical (unpaired) electrons. The Morgan fingerprint density at radius 1 is 0.824 bits per heavy atom. The molecule has 0 aliphatic carbocycles. The van der Waals surface area contributed by atoms with E-state index in [0.717, 1.165) is 19.3 Å². The first-order valence-corrected chi connectivity index (χ1v) is 9.23. The van der Waals surface area contributed by atoms with Gasteiger partial charge in [0.2, 0.25) is 0 Å². The number of rotatable bonds is 9. The highest BCUT2D eigenvalue weighted by Crippen LogP contribution is 2.41. The van der Waals surface area contributed by atoms with E-state index in [-0.39, 0.29) is 5.04 Å². The van der Waals surface area contributed by atoms with Crippen molar-refractivity contribution in [2.75, 3.05) is 13.2 Å². The second kappa shape index (κ2) is 8.28. The van der Waals surface area contributed by atoms with Crippen LogP contribution in [0.25, 0.3) is 0 Å². The lowest BCUT2D eigenvalue weighted by Crippen LogP contribution is -2.50. The van der Waals surface area contributed by atoms with Crippen LogP contribution in [0.15, 0.2) is 0 Å². The Hall–Kier alpha value is 0.137. The lowest BCUT2D eigenvalue weighted by Gasteiger charge is -2.40. The van der Waals surface area contributed by atoms with Gasteiger partial charge < -0.3 is 8.85 Å². The Balaban J connectivity index is 4.55. The van der Waals surface area contributed by atoms with Crippen LogP contribution >= 0.6 is 0 Å². The predicted octanol–water partition coefficient (Wildman–Crippen LogP) is 4.88. The maximum atomic E-state index is 6.13. The molecule has 2 nitrogen and oxygen atoms in total. The third-order valence-electron chi connectivity index (χ3n) is 3.26. The number of unbranched alkanes of at least 4 members (excludes halogenated alkanes) is 3.